The third-order valence-corrected chi connectivity index (χ3v) is 6.40. The maximum Gasteiger partial charge on any atom is 0.326 e. The lowest BCUT2D eigenvalue weighted by Gasteiger charge is -2.34. The number of hydrogen-bond donors (Lipinski definition) is 3. The molecule has 0 saturated carbocycles. The number of guanidine groups is 1. The molecule has 9 heteroatoms. The summed E-state index contributed by atoms with van der Waals surface area (Å²) in [6, 6.07) is 14.9. The van der Waals surface area contributed by atoms with Gasteiger partial charge in [-0.1, -0.05) is 31.2 Å². The molecule has 1 saturated heterocycles. The Morgan fingerprint density at radius 3 is 2.60 bits per heavy atom. The fraction of sp³-hybridized carbons (Fsp3) is 0.385. The van der Waals surface area contributed by atoms with Crippen molar-refractivity contribution in [3.05, 3.63) is 54.1 Å². The van der Waals surface area contributed by atoms with Crippen molar-refractivity contribution in [1.29, 1.82) is 5.41 Å². The van der Waals surface area contributed by atoms with Gasteiger partial charge in [-0.3, -0.25) is 15.1 Å². The Morgan fingerprint density at radius 1 is 1.20 bits per heavy atom. The smallest absolute Gasteiger partial charge is 0.326 e. The van der Waals surface area contributed by atoms with Gasteiger partial charge in [-0.15, -0.1) is 0 Å². The van der Waals surface area contributed by atoms with Crippen LogP contribution in [0.5, 0.6) is 5.75 Å². The van der Waals surface area contributed by atoms with Crippen LogP contribution in [0, 0.1) is 11.3 Å². The second-order valence-electron chi connectivity index (χ2n) is 9.05. The maximum absolute atomic E-state index is 13.0. The van der Waals surface area contributed by atoms with Crippen molar-refractivity contribution >= 4 is 35.5 Å². The van der Waals surface area contributed by atoms with E-state index in [0.29, 0.717) is 43.9 Å². The number of amides is 2. The van der Waals surface area contributed by atoms with E-state index in [9.17, 15) is 9.59 Å². The van der Waals surface area contributed by atoms with Gasteiger partial charge in [0.15, 0.2) is 0 Å². The molecular weight excluding hydrogens is 446 g/mol. The zero-order valence-corrected chi connectivity index (χ0v) is 20.0. The number of carbonyl (C=O) groups excluding carboxylic acids is 1. The van der Waals surface area contributed by atoms with Crippen LogP contribution in [-0.4, -0.2) is 59.9 Å². The summed E-state index contributed by atoms with van der Waals surface area (Å²) < 4.78 is 6.04. The summed E-state index contributed by atoms with van der Waals surface area (Å²) in [6.07, 6.45) is 2.61. The molecule has 3 N–H and O–H groups in total. The van der Waals surface area contributed by atoms with Gasteiger partial charge in [0.05, 0.1) is 18.2 Å². The monoisotopic (exact) mass is 477 g/mol. The Bertz CT molecular complexity index is 1110. The van der Waals surface area contributed by atoms with Crippen molar-refractivity contribution in [3.63, 3.8) is 0 Å². The highest BCUT2D eigenvalue weighted by Crippen LogP contribution is 2.36. The molecule has 0 aromatic heterocycles. The lowest BCUT2D eigenvalue weighted by Crippen LogP contribution is -2.44. The molecule has 2 amide bonds. The van der Waals surface area contributed by atoms with Crippen LogP contribution < -0.4 is 15.0 Å². The largest absolute Gasteiger partial charge is 0.487 e. The molecule has 2 unspecified atom stereocenters. The quantitative estimate of drug-likeness (QED) is 0.445. The van der Waals surface area contributed by atoms with Crippen molar-refractivity contribution in [1.82, 2.24) is 4.90 Å². The Balaban J connectivity index is 1.42. The van der Waals surface area contributed by atoms with Crippen molar-refractivity contribution in [2.75, 3.05) is 29.9 Å². The van der Waals surface area contributed by atoms with Gasteiger partial charge in [-0.05, 0) is 49.6 Å². The third-order valence-electron chi connectivity index (χ3n) is 6.40. The first kappa shape index (κ1) is 24.3. The van der Waals surface area contributed by atoms with Crippen molar-refractivity contribution in [2.24, 2.45) is 10.9 Å². The third kappa shape index (κ3) is 5.79. The number of nitrogens with one attached hydrogen (secondary N) is 2. The fourth-order valence-electron chi connectivity index (χ4n) is 4.33. The highest BCUT2D eigenvalue weighted by Gasteiger charge is 2.29. The number of benzene rings is 2. The number of anilines is 2. The zero-order chi connectivity index (χ0) is 24.9. The van der Waals surface area contributed by atoms with Crippen LogP contribution in [0.15, 0.2) is 53.5 Å². The van der Waals surface area contributed by atoms with Gasteiger partial charge in [0, 0.05) is 30.9 Å². The molecule has 2 aliphatic heterocycles. The van der Waals surface area contributed by atoms with E-state index < -0.39 is 5.97 Å². The number of rotatable bonds is 4. The van der Waals surface area contributed by atoms with Crippen molar-refractivity contribution in [3.8, 4) is 5.75 Å². The average molecular weight is 478 g/mol. The number of carboxylic acid groups (broad SMARTS) is 1. The van der Waals surface area contributed by atoms with Crippen LogP contribution in [0.2, 0.25) is 0 Å². The number of likely N-dealkylation sites (tertiary alicyclic amines) is 1. The van der Waals surface area contributed by atoms with Gasteiger partial charge in [0.25, 0.3) is 0 Å². The molecule has 2 aliphatic rings. The van der Waals surface area contributed by atoms with Crippen LogP contribution in [0.3, 0.4) is 0 Å². The van der Waals surface area contributed by atoms with Gasteiger partial charge in [-0.25, -0.2) is 9.79 Å². The van der Waals surface area contributed by atoms with E-state index >= 15 is 0 Å². The molecule has 2 heterocycles. The second kappa shape index (κ2) is 10.6. The SMILES string of the molecule is CC1CN(C(=O)Nc2ccccc2)c2ccc(C(C)C=NC(=N)N3CCC(C(=O)O)CC3)cc2O1. The molecular formula is C26H31N5O4. The molecule has 2 aromatic rings. The predicted molar refractivity (Wildman–Crippen MR) is 136 cm³/mol. The number of aliphatic imine (C=N–C) groups is 1. The zero-order valence-electron chi connectivity index (χ0n) is 20.0. The Morgan fingerprint density at radius 2 is 1.91 bits per heavy atom. The van der Waals surface area contributed by atoms with Crippen LogP contribution >= 0.6 is 0 Å². The van der Waals surface area contributed by atoms with E-state index in [2.05, 4.69) is 10.3 Å². The summed E-state index contributed by atoms with van der Waals surface area (Å²) in [4.78, 5) is 31.9. The predicted octanol–water partition coefficient (Wildman–Crippen LogP) is 4.41. The minimum absolute atomic E-state index is 0.0790. The number of carboxylic acids is 1. The molecule has 0 bridgehead atoms. The Kier molecular flexibility index (Phi) is 7.33. The number of para-hydroxylation sites is 1. The van der Waals surface area contributed by atoms with Gasteiger partial charge in [-0.2, -0.15) is 0 Å². The summed E-state index contributed by atoms with van der Waals surface area (Å²) in [5.74, 6) is -0.407. The topological polar surface area (TPSA) is 118 Å². The van der Waals surface area contributed by atoms with Gasteiger partial charge in [0.1, 0.15) is 11.9 Å². The number of nitrogens with zero attached hydrogens (tertiary/aromatic N) is 3. The number of aliphatic carboxylic acids is 1. The van der Waals surface area contributed by atoms with Gasteiger partial charge < -0.3 is 20.1 Å². The second-order valence-corrected chi connectivity index (χ2v) is 9.05. The van der Waals surface area contributed by atoms with Crippen molar-refractivity contribution in [2.45, 2.75) is 38.7 Å². The summed E-state index contributed by atoms with van der Waals surface area (Å²) in [6.45, 7) is 5.40. The summed E-state index contributed by atoms with van der Waals surface area (Å²) >= 11 is 0. The molecule has 1 fully saturated rings. The van der Waals surface area contributed by atoms with Crippen molar-refractivity contribution < 1.29 is 19.4 Å². The number of urea groups is 1. The van der Waals surface area contributed by atoms with Crippen LogP contribution in [-0.2, 0) is 4.79 Å². The van der Waals surface area contributed by atoms with Gasteiger partial charge in [0.2, 0.25) is 5.96 Å². The standard InChI is InChI=1S/C26H31N5O4/c1-17(15-28-25(27)30-12-10-19(11-13-30)24(32)33)20-8-9-22-23(14-20)35-18(2)16-31(22)26(34)29-21-6-4-3-5-7-21/h3-9,14-15,17-19,27H,10-13,16H2,1-2H3,(H,29,34)(H,32,33). The molecule has 184 valence electrons. The molecule has 9 nitrogen and oxygen atoms in total. The minimum atomic E-state index is -0.770. The lowest BCUT2D eigenvalue weighted by molar-refractivity contribution is -0.143. The molecule has 0 spiro atoms. The maximum atomic E-state index is 13.0. The number of piperidine rings is 1. The molecule has 4 rings (SSSR count). The van der Waals surface area contributed by atoms with E-state index in [1.54, 1.807) is 11.1 Å². The Hall–Kier alpha value is -3.88. The minimum Gasteiger partial charge on any atom is -0.487 e. The first-order valence-corrected chi connectivity index (χ1v) is 11.9. The van der Waals surface area contributed by atoms with E-state index in [4.69, 9.17) is 15.3 Å². The van der Waals surface area contributed by atoms with Gasteiger partial charge >= 0.3 is 12.0 Å². The van der Waals surface area contributed by atoms with Crippen LogP contribution in [0.25, 0.3) is 0 Å². The average Bonchev–Trinajstić information content (AvgIpc) is 2.86. The van der Waals surface area contributed by atoms with E-state index in [1.807, 2.05) is 67.3 Å². The molecule has 0 aliphatic carbocycles. The highest BCUT2D eigenvalue weighted by molar-refractivity contribution is 6.03. The van der Waals surface area contributed by atoms with Crippen LogP contribution in [0.1, 0.15) is 38.2 Å². The highest BCUT2D eigenvalue weighted by atomic mass is 16.5. The summed E-state index contributed by atoms with van der Waals surface area (Å²) in [5.41, 5.74) is 2.40. The number of hydrogen-bond acceptors (Lipinski definition) is 4. The lowest BCUT2D eigenvalue weighted by atomic mass is 9.97. The fourth-order valence-corrected chi connectivity index (χ4v) is 4.33. The normalized spacial score (nSPS) is 19.1. The molecule has 2 aromatic carbocycles. The van der Waals surface area contributed by atoms with E-state index in [0.717, 1.165) is 11.3 Å². The number of ether oxygens (including phenoxy) is 1. The van der Waals surface area contributed by atoms with E-state index in [1.165, 1.54) is 0 Å². The first-order valence-electron chi connectivity index (χ1n) is 11.9. The Labute approximate surface area is 204 Å². The number of fused-ring (bicyclic) bond motifs is 1. The van der Waals surface area contributed by atoms with Crippen LogP contribution in [0.4, 0.5) is 16.2 Å². The number of carbonyl (C=O) groups is 2. The van der Waals surface area contributed by atoms with E-state index in [-0.39, 0.29) is 29.9 Å². The molecule has 2 atom stereocenters. The molecule has 35 heavy (non-hydrogen) atoms. The first-order chi connectivity index (χ1) is 16.8. The summed E-state index contributed by atoms with van der Waals surface area (Å²) in [7, 11) is 0. The molecule has 0 radical (unpaired) electrons. The summed E-state index contributed by atoms with van der Waals surface area (Å²) in [5, 5.41) is 20.3.